The molecule has 0 bridgehead atoms. The second kappa shape index (κ2) is 4.18. The van der Waals surface area contributed by atoms with Crippen LogP contribution >= 0.6 is 23.2 Å². The first kappa shape index (κ1) is 9.31. The average Bonchev–Trinajstić information content (AvgIpc) is 1.64. The van der Waals surface area contributed by atoms with Crippen LogP contribution in [0.4, 0.5) is 0 Å². The average molecular weight is 153 g/mol. The van der Waals surface area contributed by atoms with Crippen LogP contribution in [0.1, 0.15) is 0 Å². The molecule has 0 saturated carbocycles. The van der Waals surface area contributed by atoms with Crippen molar-refractivity contribution >= 4 is 23.2 Å². The van der Waals surface area contributed by atoms with Crippen molar-refractivity contribution < 1.29 is 18.9 Å². The molecular weight excluding hydrogens is 150 g/mol. The van der Waals surface area contributed by atoms with Crippen molar-refractivity contribution in [3.05, 3.63) is 34.4 Å². The van der Waals surface area contributed by atoms with Crippen molar-refractivity contribution in [2.24, 2.45) is 0 Å². The number of halogens is 2. The van der Waals surface area contributed by atoms with E-state index in [0.717, 1.165) is 0 Å². The van der Waals surface area contributed by atoms with E-state index in [9.17, 15) is 0 Å². The minimum absolute atomic E-state index is 0. The third-order valence-corrected chi connectivity index (χ3v) is 1.15. The van der Waals surface area contributed by atoms with Crippen LogP contribution in [0.15, 0.2) is 29.0 Å². The Morgan fingerprint density at radius 2 is 2.22 bits per heavy atom. The largest absolute Gasteiger partial charge is 1.00 e. The van der Waals surface area contributed by atoms with Gasteiger partial charge in [-0.2, -0.15) is 23.2 Å². The maximum atomic E-state index is 5.53. The van der Waals surface area contributed by atoms with E-state index >= 15 is 0 Å². The first-order valence-electron chi connectivity index (χ1n) is 2.11. The topological polar surface area (TPSA) is 0 Å². The van der Waals surface area contributed by atoms with Gasteiger partial charge in [0.1, 0.15) is 0 Å². The third-order valence-electron chi connectivity index (χ3n) is 0.718. The van der Waals surface area contributed by atoms with E-state index in [0.29, 0.717) is 10.4 Å². The molecule has 0 aromatic heterocycles. The van der Waals surface area contributed by atoms with E-state index in [1.54, 1.807) is 18.2 Å². The zero-order valence-electron chi connectivity index (χ0n) is 4.99. The number of hydrogen-bond acceptors (Lipinski definition) is 0. The van der Waals surface area contributed by atoms with E-state index in [1.165, 1.54) is 0 Å². The van der Waals surface area contributed by atoms with Gasteiger partial charge in [-0.15, -0.1) is 18.2 Å². The summed E-state index contributed by atoms with van der Waals surface area (Å²) in [5, 5.41) is 1.25. The number of rotatable bonds is 0. The monoisotopic (exact) mass is 152 g/mol. The van der Waals surface area contributed by atoms with Gasteiger partial charge in [-0.3, -0.25) is 5.73 Å². The van der Waals surface area contributed by atoms with Crippen LogP contribution in [-0.4, -0.2) is 0 Å². The molecule has 1 rings (SSSR count). The van der Waals surface area contributed by atoms with Crippen LogP contribution in [-0.2, 0) is 0 Å². The summed E-state index contributed by atoms with van der Waals surface area (Å²) in [6, 6.07) is 0. The Morgan fingerprint density at radius 3 is 2.56 bits per heavy atom. The van der Waals surface area contributed by atoms with E-state index in [2.05, 4.69) is 5.73 Å². The van der Waals surface area contributed by atoms with Crippen molar-refractivity contribution in [1.82, 2.24) is 0 Å². The maximum Gasteiger partial charge on any atom is 1.00 e. The molecule has 1 aliphatic rings. The van der Waals surface area contributed by atoms with Crippen LogP contribution in [0.2, 0.25) is 0 Å². The van der Waals surface area contributed by atoms with E-state index in [4.69, 9.17) is 23.2 Å². The van der Waals surface area contributed by atoms with Crippen LogP contribution in [0, 0.1) is 5.38 Å². The smallest absolute Gasteiger partial charge is 0.281 e. The molecule has 1 aliphatic carbocycles. The molecule has 0 nitrogen and oxygen atoms in total. The van der Waals surface area contributed by atoms with E-state index in [1.807, 2.05) is 0 Å². The van der Waals surface area contributed by atoms with Crippen molar-refractivity contribution in [3.63, 3.8) is 0 Å². The second-order valence-corrected chi connectivity index (χ2v) is 2.24. The molecule has 0 N–H and O–H groups in total. The second-order valence-electron chi connectivity index (χ2n) is 1.37. The van der Waals surface area contributed by atoms with Crippen molar-refractivity contribution in [1.29, 1.82) is 0 Å². The summed E-state index contributed by atoms with van der Waals surface area (Å²) in [6.07, 6.45) is 4.99. The summed E-state index contributed by atoms with van der Waals surface area (Å²) >= 11 is 11.1. The molecule has 0 unspecified atom stereocenters. The van der Waals surface area contributed by atoms with Crippen molar-refractivity contribution in [2.45, 2.75) is 0 Å². The molecule has 0 heterocycles. The van der Waals surface area contributed by atoms with Gasteiger partial charge in [0, 0.05) is 0 Å². The molecule has 0 amide bonds. The summed E-state index contributed by atoms with van der Waals surface area (Å²) in [4.78, 5) is 0. The molecule has 0 saturated heterocycles. The Kier molecular flexibility index (Phi) is 4.32. The van der Waals surface area contributed by atoms with Crippen molar-refractivity contribution in [3.8, 4) is 0 Å². The normalized spacial score (nSPS) is 14.9. The minimum Gasteiger partial charge on any atom is -0.281 e. The molecule has 0 aliphatic heterocycles. The number of hydrogen-bond donors (Lipinski definition) is 0. The molecule has 0 aromatic carbocycles. The van der Waals surface area contributed by atoms with E-state index < -0.39 is 0 Å². The molecule has 9 heavy (non-hydrogen) atoms. The molecule has 0 fully saturated rings. The Labute approximate surface area is 76.4 Å². The summed E-state index contributed by atoms with van der Waals surface area (Å²) in [5.74, 6) is 0. The molecule has 0 atom stereocenters. The van der Waals surface area contributed by atoms with Gasteiger partial charge < -0.3 is 0 Å². The van der Waals surface area contributed by atoms with Crippen molar-refractivity contribution in [2.75, 3.05) is 0 Å². The van der Waals surface area contributed by atoms with Crippen LogP contribution < -0.4 is 18.9 Å². The van der Waals surface area contributed by atoms with Gasteiger partial charge in [-0.05, 0) is 0 Å². The summed E-state index contributed by atoms with van der Waals surface area (Å²) < 4.78 is 0. The quantitative estimate of drug-likeness (QED) is 0.252. The summed E-state index contributed by atoms with van der Waals surface area (Å²) in [6.45, 7) is 0. The zero-order valence-corrected chi connectivity index (χ0v) is 6.50. The molecule has 3 heteroatoms. The van der Waals surface area contributed by atoms with Gasteiger partial charge in [0.25, 0.3) is 0 Å². The van der Waals surface area contributed by atoms with Gasteiger partial charge in [-0.25, -0.2) is 0 Å². The Bertz CT molecular complexity index is 177. The van der Waals surface area contributed by atoms with Gasteiger partial charge in [-0.1, -0.05) is 10.4 Å². The van der Waals surface area contributed by atoms with E-state index in [-0.39, 0.29) is 18.9 Å². The zero-order chi connectivity index (χ0) is 5.98. The fourth-order valence-corrected chi connectivity index (χ4v) is 0.833. The first-order valence-corrected chi connectivity index (χ1v) is 2.87. The fraction of sp³-hybridized carbons (Fsp3) is 0. The summed E-state index contributed by atoms with van der Waals surface area (Å²) in [7, 11) is 0. The van der Waals surface area contributed by atoms with Gasteiger partial charge in [0.05, 0.1) is 0 Å². The predicted octanol–water partition coefficient (Wildman–Crippen LogP) is -0.391. The minimum atomic E-state index is 0. The Hall–Kier alpha value is 0.307. The Morgan fingerprint density at radius 1 is 1.56 bits per heavy atom. The fourth-order valence-electron chi connectivity index (χ4n) is 0.416. The molecular formula is C6H3Cl2Li. The van der Waals surface area contributed by atoms with Crippen LogP contribution in [0.5, 0.6) is 0 Å². The van der Waals surface area contributed by atoms with Crippen LogP contribution in [0.25, 0.3) is 0 Å². The predicted molar refractivity (Wildman–Crippen MR) is 35.7 cm³/mol. The van der Waals surface area contributed by atoms with Crippen LogP contribution in [0.3, 0.4) is 0 Å². The SMILES string of the molecule is ClC1=C[C-](Cl)C=C=C1.[Li+]. The third kappa shape index (κ3) is 3.11. The first-order chi connectivity index (χ1) is 3.79. The Balaban J connectivity index is 0.000000640. The molecule has 42 valence electrons. The van der Waals surface area contributed by atoms with Gasteiger partial charge in [0.15, 0.2) is 0 Å². The maximum absolute atomic E-state index is 5.53. The summed E-state index contributed by atoms with van der Waals surface area (Å²) in [5.41, 5.74) is 2.77. The number of allylic oxidation sites excluding steroid dienone is 3. The van der Waals surface area contributed by atoms with Gasteiger partial charge in [0.2, 0.25) is 0 Å². The molecule has 0 radical (unpaired) electrons. The molecule has 0 aromatic rings. The van der Waals surface area contributed by atoms with Gasteiger partial charge >= 0.3 is 18.9 Å². The standard InChI is InChI=1S/C6H3Cl2.Li/c7-5-2-1-3-6(8)4-5;/h2-4H;/q-1;+1. The molecule has 0 spiro atoms.